The molecule has 2 atom stereocenters. The number of sulfone groups is 1. The van der Waals surface area contributed by atoms with Crippen LogP contribution >= 0.6 is 39.1 Å². The quantitative estimate of drug-likeness (QED) is 0.205. The van der Waals surface area contributed by atoms with Crippen LogP contribution in [-0.4, -0.2) is 38.1 Å². The zero-order chi connectivity index (χ0) is 27.5. The van der Waals surface area contributed by atoms with Crippen molar-refractivity contribution in [3.63, 3.8) is 0 Å². The fraction of sp³-hybridized carbons (Fsp3) is 0.348. The van der Waals surface area contributed by atoms with Gasteiger partial charge in [-0.25, -0.2) is 8.42 Å². The fourth-order valence-corrected chi connectivity index (χ4v) is 5.94. The number of rotatable bonds is 9. The Bertz CT molecular complexity index is 1240. The molecule has 0 N–H and O–H groups in total. The molecule has 198 valence electrons. The lowest BCUT2D eigenvalue weighted by molar-refractivity contribution is -0.139. The first kappa shape index (κ1) is 30.7. The van der Waals surface area contributed by atoms with Crippen molar-refractivity contribution >= 4 is 60.8 Å². The SMILES string of the molecule is C[C@@H](CC(=O)c1ccc(/C=C/C(c2ccc(Cl)c(Cl)c2)C(F)(F)F)cc1Br)CS(=O)(=O)CC(F)(F)F. The van der Waals surface area contributed by atoms with Gasteiger partial charge in [-0.1, -0.05) is 70.3 Å². The highest BCUT2D eigenvalue weighted by molar-refractivity contribution is 9.10. The van der Waals surface area contributed by atoms with Gasteiger partial charge < -0.3 is 0 Å². The molecule has 0 saturated heterocycles. The van der Waals surface area contributed by atoms with E-state index in [2.05, 4.69) is 15.9 Å². The Morgan fingerprint density at radius 2 is 1.67 bits per heavy atom. The maximum absolute atomic E-state index is 13.6. The number of ketones is 1. The molecule has 0 aromatic heterocycles. The van der Waals surface area contributed by atoms with E-state index in [9.17, 15) is 39.6 Å². The van der Waals surface area contributed by atoms with Crippen LogP contribution < -0.4 is 0 Å². The minimum atomic E-state index is -4.88. The summed E-state index contributed by atoms with van der Waals surface area (Å²) in [5.74, 6) is -6.17. The van der Waals surface area contributed by atoms with Crippen LogP contribution in [0.1, 0.15) is 40.7 Å². The summed E-state index contributed by atoms with van der Waals surface area (Å²) in [6.45, 7) is 1.34. The normalized spacial score (nSPS) is 14.7. The molecule has 1 unspecified atom stereocenters. The van der Waals surface area contributed by atoms with Crippen LogP contribution in [0.4, 0.5) is 26.3 Å². The molecule has 0 saturated carbocycles. The largest absolute Gasteiger partial charge is 0.402 e. The molecule has 0 bridgehead atoms. The van der Waals surface area contributed by atoms with Gasteiger partial charge in [0.2, 0.25) is 0 Å². The van der Waals surface area contributed by atoms with Gasteiger partial charge in [-0.15, -0.1) is 0 Å². The molecule has 0 spiro atoms. The summed E-state index contributed by atoms with van der Waals surface area (Å²) in [4.78, 5) is 12.6. The Kier molecular flexibility index (Phi) is 10.1. The highest BCUT2D eigenvalue weighted by Gasteiger charge is 2.39. The van der Waals surface area contributed by atoms with Crippen molar-refractivity contribution in [2.45, 2.75) is 31.6 Å². The summed E-state index contributed by atoms with van der Waals surface area (Å²) >= 11 is 14.8. The van der Waals surface area contributed by atoms with E-state index in [4.69, 9.17) is 23.2 Å². The number of allylic oxidation sites excluding steroid dienone is 1. The van der Waals surface area contributed by atoms with Crippen molar-refractivity contribution in [2.24, 2.45) is 5.92 Å². The molecule has 0 fully saturated rings. The molecule has 0 amide bonds. The topological polar surface area (TPSA) is 51.2 Å². The van der Waals surface area contributed by atoms with Crippen molar-refractivity contribution in [1.29, 1.82) is 0 Å². The molecule has 2 rings (SSSR count). The standard InChI is InChI=1S/C23H19BrCl2F6O3S/c1-13(11-36(34,35)12-22(27,28)29)8-21(33)16-5-2-14(9-18(16)24)3-6-17(23(30,31)32)15-4-7-19(25)20(26)10-15/h2-7,9-10,13,17H,8,11-12H2,1H3/b6-3+/t13-,17?/m0/s1. The molecule has 2 aromatic rings. The van der Waals surface area contributed by atoms with Crippen LogP contribution in [0.25, 0.3) is 6.08 Å². The molecule has 13 heteroatoms. The molecule has 3 nitrogen and oxygen atoms in total. The van der Waals surface area contributed by atoms with Gasteiger partial charge in [-0.3, -0.25) is 4.79 Å². The number of carbonyl (C=O) groups excluding carboxylic acids is 1. The fourth-order valence-electron chi connectivity index (χ4n) is 3.41. The molecule has 36 heavy (non-hydrogen) atoms. The van der Waals surface area contributed by atoms with Gasteiger partial charge in [0.1, 0.15) is 5.75 Å². The second kappa shape index (κ2) is 11.9. The molecule has 0 heterocycles. The Morgan fingerprint density at radius 1 is 1.03 bits per heavy atom. The number of hydrogen-bond acceptors (Lipinski definition) is 3. The van der Waals surface area contributed by atoms with Gasteiger partial charge in [-0.05, 0) is 41.3 Å². The Hall–Kier alpha value is -1.56. The predicted octanol–water partition coefficient (Wildman–Crippen LogP) is 8.30. The third-order valence-corrected chi connectivity index (χ3v) is 8.13. The highest BCUT2D eigenvalue weighted by Crippen LogP contribution is 2.38. The number of benzene rings is 2. The van der Waals surface area contributed by atoms with Gasteiger partial charge in [0, 0.05) is 16.5 Å². The van der Waals surface area contributed by atoms with Gasteiger partial charge in [0.25, 0.3) is 0 Å². The zero-order valence-corrected chi connectivity index (χ0v) is 22.3. The van der Waals surface area contributed by atoms with E-state index in [1.165, 1.54) is 43.3 Å². The predicted molar refractivity (Wildman–Crippen MR) is 131 cm³/mol. The van der Waals surface area contributed by atoms with Crippen molar-refractivity contribution in [2.75, 3.05) is 11.5 Å². The van der Waals surface area contributed by atoms with Gasteiger partial charge in [0.05, 0.1) is 21.7 Å². The minimum Gasteiger partial charge on any atom is -0.294 e. The average molecular weight is 640 g/mol. The smallest absolute Gasteiger partial charge is 0.294 e. The Balaban J connectivity index is 2.17. The summed E-state index contributed by atoms with van der Waals surface area (Å²) in [6.07, 6.45) is -7.69. The van der Waals surface area contributed by atoms with Crippen LogP contribution in [0.2, 0.25) is 10.0 Å². The van der Waals surface area contributed by atoms with E-state index < -0.39 is 51.3 Å². The number of alkyl halides is 6. The molecule has 0 aliphatic heterocycles. The Labute approximate surface area is 222 Å². The van der Waals surface area contributed by atoms with E-state index in [1.807, 2.05) is 0 Å². The molecular formula is C23H19BrCl2F6O3S. The van der Waals surface area contributed by atoms with Crippen molar-refractivity contribution in [3.8, 4) is 0 Å². The average Bonchev–Trinajstić information content (AvgIpc) is 2.67. The summed E-state index contributed by atoms with van der Waals surface area (Å²) in [6, 6.07) is 7.73. The van der Waals surface area contributed by atoms with E-state index in [1.54, 1.807) is 0 Å². The molecule has 0 radical (unpaired) electrons. The van der Waals surface area contributed by atoms with E-state index >= 15 is 0 Å². The summed E-state index contributed by atoms with van der Waals surface area (Å²) < 4.78 is 102. The van der Waals surface area contributed by atoms with Gasteiger partial charge in [0.15, 0.2) is 15.6 Å². The maximum atomic E-state index is 13.6. The first-order chi connectivity index (χ1) is 16.4. The Morgan fingerprint density at radius 3 is 2.19 bits per heavy atom. The minimum absolute atomic E-state index is 0.0251. The molecule has 0 aliphatic carbocycles. The van der Waals surface area contributed by atoms with E-state index in [0.717, 1.165) is 12.1 Å². The second-order valence-corrected chi connectivity index (χ2v) is 12.0. The summed E-state index contributed by atoms with van der Waals surface area (Å²) in [7, 11) is -4.44. The summed E-state index contributed by atoms with van der Waals surface area (Å²) in [5, 5.41) is 0.0876. The number of Topliss-reactive ketones (excluding diaryl/α,β-unsaturated/α-hetero) is 1. The molecule has 2 aromatic carbocycles. The second-order valence-electron chi connectivity index (χ2n) is 8.19. The third-order valence-electron chi connectivity index (χ3n) is 4.89. The third kappa shape index (κ3) is 9.39. The van der Waals surface area contributed by atoms with Crippen molar-refractivity contribution in [3.05, 3.63) is 73.7 Å². The van der Waals surface area contributed by atoms with Crippen molar-refractivity contribution < 1.29 is 39.6 Å². The van der Waals surface area contributed by atoms with Gasteiger partial charge >= 0.3 is 12.4 Å². The zero-order valence-electron chi connectivity index (χ0n) is 18.4. The lowest BCUT2D eigenvalue weighted by atomic mass is 9.96. The van der Waals surface area contributed by atoms with Crippen LogP contribution in [0.5, 0.6) is 0 Å². The number of carbonyl (C=O) groups is 1. The van der Waals surface area contributed by atoms with Crippen molar-refractivity contribution in [1.82, 2.24) is 0 Å². The van der Waals surface area contributed by atoms with E-state index in [-0.39, 0.29) is 32.1 Å². The molecular weight excluding hydrogens is 621 g/mol. The molecule has 0 aliphatic rings. The first-order valence-electron chi connectivity index (χ1n) is 10.2. The summed E-state index contributed by atoms with van der Waals surface area (Å²) in [5.41, 5.74) is 0.325. The number of halogens is 9. The first-order valence-corrected chi connectivity index (χ1v) is 13.5. The lowest BCUT2D eigenvalue weighted by Crippen LogP contribution is -2.28. The van der Waals surface area contributed by atoms with Crippen LogP contribution in [0.15, 0.2) is 46.9 Å². The van der Waals surface area contributed by atoms with E-state index in [0.29, 0.717) is 5.56 Å². The van der Waals surface area contributed by atoms with Crippen LogP contribution in [-0.2, 0) is 9.84 Å². The highest BCUT2D eigenvalue weighted by atomic mass is 79.9. The lowest BCUT2D eigenvalue weighted by Gasteiger charge is -2.18. The number of hydrogen-bond donors (Lipinski definition) is 0. The monoisotopic (exact) mass is 638 g/mol. The van der Waals surface area contributed by atoms with Gasteiger partial charge in [-0.2, -0.15) is 26.3 Å². The van der Waals surface area contributed by atoms with Crippen LogP contribution in [0.3, 0.4) is 0 Å². The van der Waals surface area contributed by atoms with Crippen LogP contribution in [0, 0.1) is 5.92 Å². The maximum Gasteiger partial charge on any atom is 0.402 e.